The van der Waals surface area contributed by atoms with E-state index in [1.807, 2.05) is 0 Å². The van der Waals surface area contributed by atoms with Crippen molar-refractivity contribution >= 4 is 0 Å². The molecular formula is C14H28O. The largest absolute Gasteiger partial charge is 0.375 e. The van der Waals surface area contributed by atoms with Crippen LogP contribution in [0.2, 0.25) is 0 Å². The van der Waals surface area contributed by atoms with Gasteiger partial charge < -0.3 is 4.74 Å². The third-order valence-electron chi connectivity index (χ3n) is 3.98. The molecule has 0 N–H and O–H groups in total. The lowest BCUT2D eigenvalue weighted by Crippen LogP contribution is -2.35. The number of hydrogen-bond acceptors (Lipinski definition) is 1. The van der Waals surface area contributed by atoms with Crippen LogP contribution in [0.25, 0.3) is 0 Å². The molecule has 0 radical (unpaired) electrons. The number of hydrogen-bond donors (Lipinski definition) is 0. The number of ether oxygens (including phenoxy) is 1. The van der Waals surface area contributed by atoms with E-state index in [4.69, 9.17) is 4.74 Å². The van der Waals surface area contributed by atoms with Gasteiger partial charge in [-0.3, -0.25) is 0 Å². The van der Waals surface area contributed by atoms with Crippen LogP contribution < -0.4 is 0 Å². The Morgan fingerprint density at radius 2 is 1.87 bits per heavy atom. The molecule has 1 saturated carbocycles. The first-order valence-corrected chi connectivity index (χ1v) is 6.71. The molecule has 0 unspecified atom stereocenters. The quantitative estimate of drug-likeness (QED) is 0.613. The van der Waals surface area contributed by atoms with Crippen molar-refractivity contribution in [3.8, 4) is 0 Å². The van der Waals surface area contributed by atoms with Gasteiger partial charge in [0.1, 0.15) is 0 Å². The molecule has 0 bridgehead atoms. The minimum absolute atomic E-state index is 0.195. The highest BCUT2D eigenvalue weighted by Gasteiger charge is 2.32. The Morgan fingerprint density at radius 1 is 1.27 bits per heavy atom. The van der Waals surface area contributed by atoms with Crippen molar-refractivity contribution in [3.63, 3.8) is 0 Å². The van der Waals surface area contributed by atoms with Gasteiger partial charge in [0.15, 0.2) is 0 Å². The monoisotopic (exact) mass is 212 g/mol. The molecule has 0 heterocycles. The molecule has 0 amide bonds. The van der Waals surface area contributed by atoms with E-state index in [9.17, 15) is 0 Å². The molecule has 0 aromatic heterocycles. The topological polar surface area (TPSA) is 9.23 Å². The summed E-state index contributed by atoms with van der Waals surface area (Å²) in [6, 6.07) is 0. The standard InChI is InChI=1S/C14H28O/c1-5-6-11-15-14(4)9-7-13(8-10-14)12(2)3/h12-13H,5-11H2,1-4H3. The van der Waals surface area contributed by atoms with Crippen molar-refractivity contribution < 1.29 is 4.74 Å². The van der Waals surface area contributed by atoms with Crippen LogP contribution >= 0.6 is 0 Å². The Bertz CT molecular complexity index is 166. The lowest BCUT2D eigenvalue weighted by molar-refractivity contribution is -0.0686. The van der Waals surface area contributed by atoms with Crippen LogP contribution in [0.15, 0.2) is 0 Å². The van der Waals surface area contributed by atoms with Crippen molar-refractivity contribution in [2.75, 3.05) is 6.61 Å². The first-order chi connectivity index (χ1) is 7.07. The zero-order chi connectivity index (χ0) is 11.3. The zero-order valence-electron chi connectivity index (χ0n) is 11.0. The second-order valence-electron chi connectivity index (χ2n) is 5.73. The summed E-state index contributed by atoms with van der Waals surface area (Å²) in [5.41, 5.74) is 0.195. The van der Waals surface area contributed by atoms with Gasteiger partial charge in [0.25, 0.3) is 0 Å². The van der Waals surface area contributed by atoms with Crippen molar-refractivity contribution in [1.82, 2.24) is 0 Å². The van der Waals surface area contributed by atoms with Crippen LogP contribution in [0.5, 0.6) is 0 Å². The summed E-state index contributed by atoms with van der Waals surface area (Å²) in [7, 11) is 0. The van der Waals surface area contributed by atoms with Gasteiger partial charge in [-0.15, -0.1) is 0 Å². The summed E-state index contributed by atoms with van der Waals surface area (Å²) < 4.78 is 6.04. The molecule has 1 fully saturated rings. The molecule has 1 aliphatic carbocycles. The Labute approximate surface area is 95.6 Å². The van der Waals surface area contributed by atoms with Gasteiger partial charge in [-0.1, -0.05) is 27.2 Å². The fraction of sp³-hybridized carbons (Fsp3) is 1.00. The molecule has 1 nitrogen and oxygen atoms in total. The van der Waals surface area contributed by atoms with E-state index in [-0.39, 0.29) is 5.60 Å². The van der Waals surface area contributed by atoms with Crippen LogP contribution in [0.1, 0.15) is 66.2 Å². The Morgan fingerprint density at radius 3 is 2.33 bits per heavy atom. The fourth-order valence-electron chi connectivity index (χ4n) is 2.52. The molecular weight excluding hydrogens is 184 g/mol. The van der Waals surface area contributed by atoms with E-state index in [1.165, 1.54) is 38.5 Å². The van der Waals surface area contributed by atoms with Gasteiger partial charge in [0.05, 0.1) is 5.60 Å². The lowest BCUT2D eigenvalue weighted by atomic mass is 9.75. The van der Waals surface area contributed by atoms with Crippen LogP contribution in [-0.4, -0.2) is 12.2 Å². The van der Waals surface area contributed by atoms with Crippen molar-refractivity contribution in [3.05, 3.63) is 0 Å². The lowest BCUT2D eigenvalue weighted by Gasteiger charge is -2.38. The van der Waals surface area contributed by atoms with Crippen molar-refractivity contribution in [2.45, 2.75) is 71.8 Å². The van der Waals surface area contributed by atoms with Gasteiger partial charge in [-0.05, 0) is 50.9 Å². The van der Waals surface area contributed by atoms with E-state index in [2.05, 4.69) is 27.7 Å². The molecule has 0 aromatic carbocycles. The van der Waals surface area contributed by atoms with Gasteiger partial charge in [-0.2, -0.15) is 0 Å². The molecule has 0 aromatic rings. The molecule has 0 atom stereocenters. The molecule has 15 heavy (non-hydrogen) atoms. The molecule has 0 aliphatic heterocycles. The molecule has 1 aliphatic rings. The average molecular weight is 212 g/mol. The first kappa shape index (κ1) is 13.0. The highest BCUT2D eigenvalue weighted by molar-refractivity contribution is 4.84. The molecule has 0 saturated heterocycles. The third-order valence-corrected chi connectivity index (χ3v) is 3.98. The first-order valence-electron chi connectivity index (χ1n) is 6.71. The average Bonchev–Trinajstić information content (AvgIpc) is 2.18. The summed E-state index contributed by atoms with van der Waals surface area (Å²) >= 11 is 0. The number of unbranched alkanes of at least 4 members (excludes halogenated alkanes) is 1. The predicted octanol–water partition coefficient (Wildman–Crippen LogP) is 4.41. The highest BCUT2D eigenvalue weighted by Crippen LogP contribution is 2.37. The van der Waals surface area contributed by atoms with Gasteiger partial charge in [-0.25, -0.2) is 0 Å². The second-order valence-corrected chi connectivity index (χ2v) is 5.73. The van der Waals surface area contributed by atoms with Crippen LogP contribution in [0, 0.1) is 11.8 Å². The smallest absolute Gasteiger partial charge is 0.0654 e. The van der Waals surface area contributed by atoms with Gasteiger partial charge in [0.2, 0.25) is 0 Å². The third kappa shape index (κ3) is 4.14. The normalized spacial score (nSPS) is 32.2. The van der Waals surface area contributed by atoms with E-state index >= 15 is 0 Å². The minimum atomic E-state index is 0.195. The van der Waals surface area contributed by atoms with Crippen molar-refractivity contribution in [2.24, 2.45) is 11.8 Å². The molecule has 0 spiro atoms. The maximum atomic E-state index is 6.04. The molecule has 1 heteroatoms. The maximum absolute atomic E-state index is 6.04. The SMILES string of the molecule is CCCCOC1(C)CCC(C(C)C)CC1. The van der Waals surface area contributed by atoms with E-state index < -0.39 is 0 Å². The Hall–Kier alpha value is -0.0400. The van der Waals surface area contributed by atoms with Crippen molar-refractivity contribution in [1.29, 1.82) is 0 Å². The Balaban J connectivity index is 2.27. The summed E-state index contributed by atoms with van der Waals surface area (Å²) in [6.07, 6.45) is 7.70. The van der Waals surface area contributed by atoms with Crippen LogP contribution in [0.4, 0.5) is 0 Å². The van der Waals surface area contributed by atoms with Crippen LogP contribution in [-0.2, 0) is 4.74 Å². The van der Waals surface area contributed by atoms with Crippen LogP contribution in [0.3, 0.4) is 0 Å². The highest BCUT2D eigenvalue weighted by atomic mass is 16.5. The zero-order valence-corrected chi connectivity index (χ0v) is 11.0. The summed E-state index contributed by atoms with van der Waals surface area (Å²) in [6.45, 7) is 10.2. The fourth-order valence-corrected chi connectivity index (χ4v) is 2.52. The summed E-state index contributed by atoms with van der Waals surface area (Å²) in [5.74, 6) is 1.79. The minimum Gasteiger partial charge on any atom is -0.375 e. The van der Waals surface area contributed by atoms with Gasteiger partial charge in [0, 0.05) is 6.61 Å². The van der Waals surface area contributed by atoms with E-state index in [0.717, 1.165) is 18.4 Å². The Kier molecular flexibility index (Phi) is 5.11. The molecule has 1 rings (SSSR count). The molecule has 90 valence electrons. The van der Waals surface area contributed by atoms with E-state index in [0.29, 0.717) is 0 Å². The number of rotatable bonds is 5. The van der Waals surface area contributed by atoms with Gasteiger partial charge >= 0.3 is 0 Å². The second kappa shape index (κ2) is 5.89. The maximum Gasteiger partial charge on any atom is 0.0654 e. The predicted molar refractivity (Wildman–Crippen MR) is 66.1 cm³/mol. The summed E-state index contributed by atoms with van der Waals surface area (Å²) in [4.78, 5) is 0. The summed E-state index contributed by atoms with van der Waals surface area (Å²) in [5, 5.41) is 0. The van der Waals surface area contributed by atoms with E-state index in [1.54, 1.807) is 0 Å².